The van der Waals surface area contributed by atoms with Crippen LogP contribution in [0.5, 0.6) is 5.75 Å². The molecule has 2 fully saturated rings. The predicted octanol–water partition coefficient (Wildman–Crippen LogP) is 3.56. The van der Waals surface area contributed by atoms with E-state index in [4.69, 9.17) is 21.1 Å². The summed E-state index contributed by atoms with van der Waals surface area (Å²) in [6.07, 6.45) is 1.60. The lowest BCUT2D eigenvalue weighted by atomic mass is 9.98. The fourth-order valence-electron chi connectivity index (χ4n) is 5.29. The standard InChI is InChI=1S/C22H26ClFN4O5S/c1-10-18-13-7-6-11(28(13)21(29)33-22(2,3)4)9-27(18)19-15-14(32-10)8-12(23)16(24)17(15)25-20(26-19)34(5,30)31/h8,10-11,13,18H,6-7,9H2,1-5H3/t10-,11+,13-,18+/m0/s1. The number of hydrogen-bond donors (Lipinski definition) is 0. The number of hydrogen-bond acceptors (Lipinski definition) is 8. The molecule has 1 aromatic heterocycles. The number of nitrogens with zero attached hydrogens (tertiary/aromatic N) is 4. The highest BCUT2D eigenvalue weighted by atomic mass is 35.5. The van der Waals surface area contributed by atoms with Gasteiger partial charge in [0.05, 0.1) is 28.5 Å². The summed E-state index contributed by atoms with van der Waals surface area (Å²) in [6.45, 7) is 7.69. The van der Waals surface area contributed by atoms with Crippen LogP contribution in [0.25, 0.3) is 10.9 Å². The molecule has 2 bridgehead atoms. The molecule has 0 unspecified atom stereocenters. The van der Waals surface area contributed by atoms with Crippen molar-refractivity contribution in [2.45, 2.75) is 75.5 Å². The first kappa shape index (κ1) is 23.3. The minimum Gasteiger partial charge on any atom is -0.488 e. The second-order valence-electron chi connectivity index (χ2n) is 10.1. The molecule has 0 spiro atoms. The number of halogens is 2. The number of carbonyl (C=O) groups is 1. The van der Waals surface area contributed by atoms with E-state index in [0.717, 1.165) is 19.1 Å². The molecule has 12 heteroatoms. The first-order valence-electron chi connectivity index (χ1n) is 11.1. The number of ether oxygens (including phenoxy) is 2. The van der Waals surface area contributed by atoms with Crippen molar-refractivity contribution in [3.8, 4) is 5.75 Å². The molecule has 0 aliphatic carbocycles. The van der Waals surface area contributed by atoms with Gasteiger partial charge in [-0.1, -0.05) is 11.6 Å². The van der Waals surface area contributed by atoms with E-state index in [1.54, 1.807) is 4.90 Å². The van der Waals surface area contributed by atoms with Gasteiger partial charge in [-0.2, -0.15) is 0 Å². The average molecular weight is 513 g/mol. The van der Waals surface area contributed by atoms with Crippen LogP contribution in [0.3, 0.4) is 0 Å². The molecule has 4 atom stereocenters. The number of sulfone groups is 1. The highest BCUT2D eigenvalue weighted by Gasteiger charge is 2.53. The predicted molar refractivity (Wildman–Crippen MR) is 124 cm³/mol. The molecular weight excluding hydrogens is 487 g/mol. The van der Waals surface area contributed by atoms with Crippen molar-refractivity contribution in [2.75, 3.05) is 17.7 Å². The Morgan fingerprint density at radius 1 is 1.29 bits per heavy atom. The summed E-state index contributed by atoms with van der Waals surface area (Å²) in [5.41, 5.74) is -0.852. The number of anilines is 1. The van der Waals surface area contributed by atoms with E-state index in [2.05, 4.69) is 9.97 Å². The Morgan fingerprint density at radius 2 is 2.00 bits per heavy atom. The van der Waals surface area contributed by atoms with Gasteiger partial charge in [-0.25, -0.2) is 27.6 Å². The number of piperazine rings is 1. The summed E-state index contributed by atoms with van der Waals surface area (Å²) < 4.78 is 51.7. The highest BCUT2D eigenvalue weighted by Crippen LogP contribution is 2.46. The summed E-state index contributed by atoms with van der Waals surface area (Å²) >= 11 is 6.11. The van der Waals surface area contributed by atoms with Crippen molar-refractivity contribution in [2.24, 2.45) is 0 Å². The molecule has 184 valence electrons. The van der Waals surface area contributed by atoms with Gasteiger partial charge in [-0.3, -0.25) is 4.90 Å². The number of aromatic nitrogens is 2. The molecule has 2 aromatic rings. The van der Waals surface area contributed by atoms with Crippen LogP contribution in [0, 0.1) is 5.82 Å². The first-order chi connectivity index (χ1) is 15.8. The Kier molecular flexibility index (Phi) is 5.18. The molecule has 1 amide bonds. The van der Waals surface area contributed by atoms with Crippen LogP contribution in [0.2, 0.25) is 5.02 Å². The summed E-state index contributed by atoms with van der Waals surface area (Å²) in [7, 11) is -3.85. The van der Waals surface area contributed by atoms with Crippen LogP contribution in [0.1, 0.15) is 40.5 Å². The molecule has 9 nitrogen and oxygen atoms in total. The fraction of sp³-hybridized carbons (Fsp3) is 0.591. The average Bonchev–Trinajstić information content (AvgIpc) is 2.96. The first-order valence-corrected chi connectivity index (χ1v) is 13.4. The topological polar surface area (TPSA) is 102 Å². The van der Waals surface area contributed by atoms with E-state index in [1.165, 1.54) is 6.07 Å². The maximum absolute atomic E-state index is 15.1. The van der Waals surface area contributed by atoms with Crippen LogP contribution in [-0.4, -0.2) is 72.0 Å². The third-order valence-electron chi connectivity index (χ3n) is 6.50. The Labute approximate surface area is 202 Å². The number of fused-ring (bicyclic) bond motifs is 5. The zero-order valence-electron chi connectivity index (χ0n) is 19.5. The van der Waals surface area contributed by atoms with Gasteiger partial charge < -0.3 is 14.4 Å². The minimum absolute atomic E-state index is 0.173. The molecule has 3 aliphatic heterocycles. The van der Waals surface area contributed by atoms with Crippen molar-refractivity contribution in [3.05, 3.63) is 16.9 Å². The van der Waals surface area contributed by atoms with Gasteiger partial charge >= 0.3 is 6.09 Å². The van der Waals surface area contributed by atoms with Crippen LogP contribution in [0.4, 0.5) is 15.0 Å². The van der Waals surface area contributed by atoms with E-state index in [9.17, 15) is 13.2 Å². The normalized spacial score (nSPS) is 26.2. The van der Waals surface area contributed by atoms with Crippen molar-refractivity contribution >= 4 is 44.3 Å². The fourth-order valence-corrected chi connectivity index (χ4v) is 5.99. The molecule has 2 saturated heterocycles. The largest absolute Gasteiger partial charge is 0.488 e. The third-order valence-corrected chi connectivity index (χ3v) is 7.62. The van der Waals surface area contributed by atoms with Gasteiger partial charge in [0, 0.05) is 18.9 Å². The second-order valence-corrected chi connectivity index (χ2v) is 12.5. The number of carbonyl (C=O) groups excluding carboxylic acids is 1. The summed E-state index contributed by atoms with van der Waals surface area (Å²) in [5, 5.41) is -0.443. The molecule has 0 radical (unpaired) electrons. The number of benzene rings is 1. The van der Waals surface area contributed by atoms with Crippen LogP contribution in [0.15, 0.2) is 11.2 Å². The summed E-state index contributed by atoms with van der Waals surface area (Å²) in [4.78, 5) is 25.2. The Balaban J connectivity index is 1.69. The Morgan fingerprint density at radius 3 is 2.65 bits per heavy atom. The number of amides is 1. The Bertz CT molecular complexity index is 1310. The lowest BCUT2D eigenvalue weighted by molar-refractivity contribution is 0.00115. The zero-order chi connectivity index (χ0) is 24.7. The summed E-state index contributed by atoms with van der Waals surface area (Å²) in [5.74, 6) is -0.289. The molecule has 4 heterocycles. The molecule has 0 N–H and O–H groups in total. The van der Waals surface area contributed by atoms with Gasteiger partial charge in [-0.15, -0.1) is 0 Å². The zero-order valence-corrected chi connectivity index (χ0v) is 21.1. The third kappa shape index (κ3) is 3.64. The van der Waals surface area contributed by atoms with Crippen molar-refractivity contribution in [3.63, 3.8) is 0 Å². The van der Waals surface area contributed by atoms with E-state index in [-0.39, 0.29) is 45.6 Å². The van der Waals surface area contributed by atoms with E-state index in [0.29, 0.717) is 6.54 Å². The number of rotatable bonds is 1. The minimum atomic E-state index is -3.85. The van der Waals surface area contributed by atoms with Crippen LogP contribution in [-0.2, 0) is 14.6 Å². The second kappa shape index (κ2) is 7.55. The van der Waals surface area contributed by atoms with E-state index >= 15 is 4.39 Å². The quantitative estimate of drug-likeness (QED) is 0.534. The smallest absolute Gasteiger partial charge is 0.410 e. The lowest BCUT2D eigenvalue weighted by Gasteiger charge is -2.48. The summed E-state index contributed by atoms with van der Waals surface area (Å²) in [6, 6.07) is 0.565. The molecule has 3 aliphatic rings. The monoisotopic (exact) mass is 512 g/mol. The molecule has 34 heavy (non-hydrogen) atoms. The van der Waals surface area contributed by atoms with Gasteiger partial charge in [0.15, 0.2) is 5.82 Å². The Hall–Kier alpha value is -2.40. The van der Waals surface area contributed by atoms with E-state index in [1.807, 2.05) is 32.6 Å². The molecular formula is C22H26ClFN4O5S. The van der Waals surface area contributed by atoms with Crippen molar-refractivity contribution < 1.29 is 27.1 Å². The molecule has 1 aromatic carbocycles. The van der Waals surface area contributed by atoms with Crippen LogP contribution >= 0.6 is 11.6 Å². The SMILES string of the molecule is C[C@@H]1Oc2cc(Cl)c(F)c3nc(S(C)(=O)=O)nc(c23)N2C[C@H]3CC[C@@H]([C@@H]12)N3C(=O)OC(C)(C)C. The molecule has 5 rings (SSSR count). The highest BCUT2D eigenvalue weighted by molar-refractivity contribution is 7.90. The van der Waals surface area contributed by atoms with Crippen LogP contribution < -0.4 is 9.64 Å². The van der Waals surface area contributed by atoms with Gasteiger partial charge in [0.25, 0.3) is 0 Å². The maximum atomic E-state index is 15.1. The van der Waals surface area contributed by atoms with Gasteiger partial charge in [0.1, 0.15) is 28.8 Å². The van der Waals surface area contributed by atoms with Gasteiger partial charge in [-0.05, 0) is 40.5 Å². The van der Waals surface area contributed by atoms with E-state index < -0.39 is 38.6 Å². The van der Waals surface area contributed by atoms with Crippen molar-refractivity contribution in [1.29, 1.82) is 0 Å². The molecule has 0 saturated carbocycles. The van der Waals surface area contributed by atoms with Crippen molar-refractivity contribution in [1.82, 2.24) is 14.9 Å². The van der Waals surface area contributed by atoms with Gasteiger partial charge in [0.2, 0.25) is 15.0 Å². The maximum Gasteiger partial charge on any atom is 0.410 e. The lowest BCUT2D eigenvalue weighted by Crippen LogP contribution is -2.65.